The fourth-order valence-electron chi connectivity index (χ4n) is 1.58. The second-order valence-electron chi connectivity index (χ2n) is 3.21. The number of ether oxygens (including phenoxy) is 1. The summed E-state index contributed by atoms with van der Waals surface area (Å²) < 4.78 is 5.16. The molecule has 2 aromatic rings. The number of phenols is 1. The first-order chi connectivity index (χ1) is 7.26. The summed E-state index contributed by atoms with van der Waals surface area (Å²) in [6.45, 7) is 0. The Morgan fingerprint density at radius 1 is 1.33 bits per heavy atom. The van der Waals surface area contributed by atoms with Crippen molar-refractivity contribution in [2.75, 3.05) is 7.11 Å². The van der Waals surface area contributed by atoms with Crippen LogP contribution in [0.4, 0.5) is 0 Å². The fourth-order valence-corrected chi connectivity index (χ4v) is 1.58. The molecule has 0 bridgehead atoms. The number of hydrogen-bond donors (Lipinski definition) is 1. The van der Waals surface area contributed by atoms with Gasteiger partial charge in [0.05, 0.1) is 12.7 Å². The molecule has 0 atom stereocenters. The van der Waals surface area contributed by atoms with Crippen LogP contribution in [0.5, 0.6) is 11.5 Å². The molecule has 3 nitrogen and oxygen atoms in total. The lowest BCUT2D eigenvalue weighted by Crippen LogP contribution is -1.87. The van der Waals surface area contributed by atoms with Gasteiger partial charge < -0.3 is 9.84 Å². The minimum absolute atomic E-state index is 0.0259. The van der Waals surface area contributed by atoms with Crippen molar-refractivity contribution in [2.24, 2.45) is 0 Å². The van der Waals surface area contributed by atoms with Gasteiger partial charge in [-0.3, -0.25) is 4.79 Å². The van der Waals surface area contributed by atoms with Crippen molar-refractivity contribution in [1.82, 2.24) is 0 Å². The van der Waals surface area contributed by atoms with Gasteiger partial charge in [-0.25, -0.2) is 0 Å². The number of methoxy groups -OCH3 is 1. The molecule has 0 aliphatic heterocycles. The van der Waals surface area contributed by atoms with Gasteiger partial charge in [-0.2, -0.15) is 0 Å². The lowest BCUT2D eigenvalue weighted by molar-refractivity contribution is 0.112. The SMILES string of the molecule is COc1cccc2cc(C=O)c(O)cc12. The van der Waals surface area contributed by atoms with Gasteiger partial charge in [0.15, 0.2) is 6.29 Å². The van der Waals surface area contributed by atoms with Crippen LogP contribution in [0.25, 0.3) is 10.8 Å². The normalized spacial score (nSPS) is 10.2. The zero-order chi connectivity index (χ0) is 10.8. The highest BCUT2D eigenvalue weighted by Gasteiger charge is 2.06. The molecule has 1 N–H and O–H groups in total. The average Bonchev–Trinajstić information content (AvgIpc) is 2.27. The first-order valence-corrected chi connectivity index (χ1v) is 4.51. The van der Waals surface area contributed by atoms with Gasteiger partial charge >= 0.3 is 0 Å². The second kappa shape index (κ2) is 3.61. The number of benzene rings is 2. The molecule has 0 saturated carbocycles. The van der Waals surface area contributed by atoms with E-state index in [2.05, 4.69) is 0 Å². The number of aldehydes is 1. The Labute approximate surface area is 86.9 Å². The van der Waals surface area contributed by atoms with Crippen molar-refractivity contribution in [1.29, 1.82) is 0 Å². The maximum absolute atomic E-state index is 10.6. The van der Waals surface area contributed by atoms with Crippen LogP contribution in [0.1, 0.15) is 10.4 Å². The van der Waals surface area contributed by atoms with Gasteiger partial charge in [-0.15, -0.1) is 0 Å². The third-order valence-electron chi connectivity index (χ3n) is 2.33. The van der Waals surface area contributed by atoms with E-state index in [0.29, 0.717) is 12.0 Å². The molecule has 0 unspecified atom stereocenters. The van der Waals surface area contributed by atoms with Crippen molar-refractivity contribution in [3.63, 3.8) is 0 Å². The van der Waals surface area contributed by atoms with E-state index in [9.17, 15) is 9.90 Å². The minimum atomic E-state index is -0.0259. The second-order valence-corrected chi connectivity index (χ2v) is 3.21. The molecule has 2 aromatic carbocycles. The van der Waals surface area contributed by atoms with Crippen LogP contribution in [-0.2, 0) is 0 Å². The summed E-state index contributed by atoms with van der Waals surface area (Å²) in [4.78, 5) is 10.6. The monoisotopic (exact) mass is 202 g/mol. The molecule has 76 valence electrons. The fraction of sp³-hybridized carbons (Fsp3) is 0.0833. The number of carbonyl (C=O) groups is 1. The van der Waals surface area contributed by atoms with E-state index in [1.54, 1.807) is 13.2 Å². The summed E-state index contributed by atoms with van der Waals surface area (Å²) in [6.07, 6.45) is 0.633. The maximum Gasteiger partial charge on any atom is 0.153 e. The van der Waals surface area contributed by atoms with E-state index in [1.807, 2.05) is 18.2 Å². The molecule has 15 heavy (non-hydrogen) atoms. The Bertz CT molecular complexity index is 518. The Morgan fingerprint density at radius 3 is 2.80 bits per heavy atom. The van der Waals surface area contributed by atoms with Gasteiger partial charge in [-0.05, 0) is 23.6 Å². The Morgan fingerprint density at radius 2 is 2.13 bits per heavy atom. The van der Waals surface area contributed by atoms with Gasteiger partial charge in [-0.1, -0.05) is 12.1 Å². The van der Waals surface area contributed by atoms with E-state index >= 15 is 0 Å². The number of hydrogen-bond acceptors (Lipinski definition) is 3. The highest BCUT2D eigenvalue weighted by Crippen LogP contribution is 2.30. The predicted octanol–water partition coefficient (Wildman–Crippen LogP) is 2.37. The van der Waals surface area contributed by atoms with Crippen LogP contribution in [0.15, 0.2) is 30.3 Å². The van der Waals surface area contributed by atoms with Crippen molar-refractivity contribution in [3.05, 3.63) is 35.9 Å². The van der Waals surface area contributed by atoms with Gasteiger partial charge in [0.2, 0.25) is 0 Å². The molecule has 0 aliphatic carbocycles. The van der Waals surface area contributed by atoms with Gasteiger partial charge in [0, 0.05) is 5.39 Å². The largest absolute Gasteiger partial charge is 0.507 e. The minimum Gasteiger partial charge on any atom is -0.507 e. The molecule has 0 heterocycles. The van der Waals surface area contributed by atoms with Crippen LogP contribution >= 0.6 is 0 Å². The van der Waals surface area contributed by atoms with Crippen LogP contribution < -0.4 is 4.74 Å². The van der Waals surface area contributed by atoms with Crippen LogP contribution in [0.3, 0.4) is 0 Å². The Balaban J connectivity index is 2.80. The van der Waals surface area contributed by atoms with Crippen LogP contribution in [-0.4, -0.2) is 18.5 Å². The molecule has 2 rings (SSSR count). The first-order valence-electron chi connectivity index (χ1n) is 4.51. The summed E-state index contributed by atoms with van der Waals surface area (Å²) in [5.41, 5.74) is 0.288. The van der Waals surface area contributed by atoms with E-state index in [0.717, 1.165) is 10.8 Å². The molecule has 0 aliphatic rings. The van der Waals surface area contributed by atoms with Crippen molar-refractivity contribution in [2.45, 2.75) is 0 Å². The zero-order valence-corrected chi connectivity index (χ0v) is 8.23. The molecular formula is C12H10O3. The quantitative estimate of drug-likeness (QED) is 0.760. The molecular weight excluding hydrogens is 192 g/mol. The van der Waals surface area contributed by atoms with Crippen LogP contribution in [0, 0.1) is 0 Å². The summed E-state index contributed by atoms with van der Waals surface area (Å²) in [7, 11) is 1.57. The Kier molecular flexibility index (Phi) is 2.29. The number of aromatic hydroxyl groups is 1. The zero-order valence-electron chi connectivity index (χ0n) is 8.23. The summed E-state index contributed by atoms with van der Waals surface area (Å²) in [5, 5.41) is 11.2. The topological polar surface area (TPSA) is 46.5 Å². The molecule has 0 saturated heterocycles. The number of rotatable bonds is 2. The van der Waals surface area contributed by atoms with Crippen molar-refractivity contribution in [3.8, 4) is 11.5 Å². The lowest BCUT2D eigenvalue weighted by atomic mass is 10.1. The summed E-state index contributed by atoms with van der Waals surface area (Å²) in [5.74, 6) is 0.655. The number of fused-ring (bicyclic) bond motifs is 1. The summed E-state index contributed by atoms with van der Waals surface area (Å²) in [6, 6.07) is 8.69. The van der Waals surface area contributed by atoms with Crippen molar-refractivity contribution < 1.29 is 14.6 Å². The van der Waals surface area contributed by atoms with E-state index in [-0.39, 0.29) is 11.3 Å². The third-order valence-corrected chi connectivity index (χ3v) is 2.33. The van der Waals surface area contributed by atoms with E-state index in [1.165, 1.54) is 6.07 Å². The number of carbonyl (C=O) groups excluding carboxylic acids is 1. The van der Waals surface area contributed by atoms with Gasteiger partial charge in [0.1, 0.15) is 11.5 Å². The van der Waals surface area contributed by atoms with E-state index in [4.69, 9.17) is 4.74 Å². The molecule has 0 fully saturated rings. The van der Waals surface area contributed by atoms with Crippen LogP contribution in [0.2, 0.25) is 0 Å². The molecule has 0 radical (unpaired) electrons. The third kappa shape index (κ3) is 1.52. The maximum atomic E-state index is 10.6. The standard InChI is InChI=1S/C12H10O3/c1-15-12-4-2-3-8-5-9(7-13)11(14)6-10(8)12/h2-7,14H,1H3. The molecule has 0 spiro atoms. The summed E-state index contributed by atoms with van der Waals surface area (Å²) >= 11 is 0. The van der Waals surface area contributed by atoms with Crippen molar-refractivity contribution >= 4 is 17.1 Å². The highest BCUT2D eigenvalue weighted by molar-refractivity contribution is 5.95. The Hall–Kier alpha value is -2.03. The lowest BCUT2D eigenvalue weighted by Gasteiger charge is -2.06. The smallest absolute Gasteiger partial charge is 0.153 e. The average molecular weight is 202 g/mol. The van der Waals surface area contributed by atoms with E-state index < -0.39 is 0 Å². The molecule has 3 heteroatoms. The number of phenolic OH excluding ortho intramolecular Hbond substituents is 1. The molecule has 0 amide bonds. The predicted molar refractivity (Wildman–Crippen MR) is 57.6 cm³/mol. The van der Waals surface area contributed by atoms with Gasteiger partial charge in [0.25, 0.3) is 0 Å². The first kappa shape index (κ1) is 9.52. The highest BCUT2D eigenvalue weighted by atomic mass is 16.5. The molecule has 0 aromatic heterocycles.